The molecule has 1 rings (SSSR count). The van der Waals surface area contributed by atoms with E-state index in [1.54, 1.807) is 12.1 Å². The summed E-state index contributed by atoms with van der Waals surface area (Å²) in [5.41, 5.74) is 0.768. The van der Waals surface area contributed by atoms with Crippen LogP contribution >= 0.6 is 8.58 Å². The summed E-state index contributed by atoms with van der Waals surface area (Å²) in [5, 5.41) is 0. The van der Waals surface area contributed by atoms with E-state index in [9.17, 15) is 4.79 Å². The predicted octanol–water partition coefficient (Wildman–Crippen LogP) is 1.99. The standard InChI is InChI=1S/C9H9BO2.C2H7P/c1-12-9(11)8(10)7-5-3-2-4-6-7;1-3-2/h2-6,8H,1H3;3H,1-2H3. The fourth-order valence-corrected chi connectivity index (χ4v) is 0.923. The Balaban J connectivity index is 0.000000583. The maximum Gasteiger partial charge on any atom is 0.304 e. The molecule has 0 spiro atoms. The summed E-state index contributed by atoms with van der Waals surface area (Å²) in [5.74, 6) is -1.09. The van der Waals surface area contributed by atoms with Crippen molar-refractivity contribution < 1.29 is 9.53 Å². The highest BCUT2D eigenvalue weighted by atomic mass is 31.1. The van der Waals surface area contributed by atoms with Gasteiger partial charge in [-0.2, -0.15) is 0 Å². The fraction of sp³-hybridized carbons (Fsp3) is 0.364. The summed E-state index contributed by atoms with van der Waals surface area (Å²) in [4.78, 5) is 11.0. The second-order valence-electron chi connectivity index (χ2n) is 2.91. The van der Waals surface area contributed by atoms with Gasteiger partial charge in [-0.25, -0.2) is 0 Å². The van der Waals surface area contributed by atoms with Crippen molar-refractivity contribution in [3.8, 4) is 0 Å². The van der Waals surface area contributed by atoms with E-state index in [1.807, 2.05) is 18.2 Å². The maximum absolute atomic E-state index is 11.0. The normalized spacial score (nSPS) is 10.9. The van der Waals surface area contributed by atoms with E-state index in [2.05, 4.69) is 18.1 Å². The van der Waals surface area contributed by atoms with Crippen molar-refractivity contribution in [2.45, 2.75) is 5.82 Å². The van der Waals surface area contributed by atoms with Gasteiger partial charge in [0.25, 0.3) is 0 Å². The van der Waals surface area contributed by atoms with Crippen LogP contribution in [0.5, 0.6) is 0 Å². The molecule has 0 aliphatic carbocycles. The summed E-state index contributed by atoms with van der Waals surface area (Å²) in [6.07, 6.45) is 0. The van der Waals surface area contributed by atoms with Crippen LogP contribution < -0.4 is 0 Å². The Kier molecular flexibility index (Phi) is 8.03. The first-order chi connectivity index (χ1) is 7.17. The van der Waals surface area contributed by atoms with Gasteiger partial charge in [-0.3, -0.25) is 4.79 Å². The SMILES string of the molecule is CPC.[B]C(C(=O)OC)c1ccccc1. The van der Waals surface area contributed by atoms with Crippen LogP contribution in [0.1, 0.15) is 11.4 Å². The van der Waals surface area contributed by atoms with Gasteiger partial charge >= 0.3 is 5.97 Å². The number of hydrogen-bond acceptors (Lipinski definition) is 2. The van der Waals surface area contributed by atoms with Crippen LogP contribution in [0.15, 0.2) is 30.3 Å². The number of ether oxygens (including phenoxy) is 1. The highest BCUT2D eigenvalue weighted by Crippen LogP contribution is 2.12. The molecule has 1 unspecified atom stereocenters. The van der Waals surface area contributed by atoms with Gasteiger partial charge in [0, 0.05) is 5.82 Å². The Bertz CT molecular complexity index is 277. The highest BCUT2D eigenvalue weighted by Gasteiger charge is 2.13. The smallest absolute Gasteiger partial charge is 0.304 e. The summed E-state index contributed by atoms with van der Waals surface area (Å²) in [6.45, 7) is 4.31. The van der Waals surface area contributed by atoms with Crippen molar-refractivity contribution in [1.82, 2.24) is 0 Å². The lowest BCUT2D eigenvalue weighted by atomic mass is 9.81. The van der Waals surface area contributed by atoms with Gasteiger partial charge in [-0.15, -0.1) is 8.58 Å². The van der Waals surface area contributed by atoms with Crippen molar-refractivity contribution in [1.29, 1.82) is 0 Å². The van der Waals surface area contributed by atoms with Crippen LogP contribution in [0, 0.1) is 0 Å². The van der Waals surface area contributed by atoms with E-state index in [1.165, 1.54) is 7.11 Å². The first-order valence-electron chi connectivity index (χ1n) is 4.64. The first-order valence-corrected chi connectivity index (χ1v) is 6.64. The molecule has 80 valence electrons. The van der Waals surface area contributed by atoms with Gasteiger partial charge < -0.3 is 4.74 Å². The highest BCUT2D eigenvalue weighted by molar-refractivity contribution is 7.35. The third-order valence-electron chi connectivity index (χ3n) is 1.61. The van der Waals surface area contributed by atoms with Crippen LogP contribution in [0.25, 0.3) is 0 Å². The summed E-state index contributed by atoms with van der Waals surface area (Å²) >= 11 is 0. The van der Waals surface area contributed by atoms with Gasteiger partial charge in [0.15, 0.2) is 0 Å². The van der Waals surface area contributed by atoms with E-state index < -0.39 is 11.8 Å². The maximum atomic E-state index is 11.0. The Hall–Kier alpha value is -0.815. The number of carbonyl (C=O) groups is 1. The van der Waals surface area contributed by atoms with Gasteiger partial charge in [0.05, 0.1) is 15.0 Å². The molecule has 0 amide bonds. The molecular weight excluding hydrogens is 206 g/mol. The zero-order valence-electron chi connectivity index (χ0n) is 9.36. The number of rotatable bonds is 2. The molecule has 1 atom stereocenters. The third-order valence-corrected chi connectivity index (χ3v) is 1.61. The van der Waals surface area contributed by atoms with E-state index in [0.29, 0.717) is 0 Å². The minimum atomic E-state index is -0.670. The minimum Gasteiger partial charge on any atom is -0.469 e. The molecule has 2 nitrogen and oxygen atoms in total. The molecule has 15 heavy (non-hydrogen) atoms. The molecule has 0 heterocycles. The molecule has 1 aromatic rings. The minimum absolute atomic E-state index is 0.416. The second kappa shape index (κ2) is 8.49. The largest absolute Gasteiger partial charge is 0.469 e. The molecule has 0 aliphatic rings. The number of hydrogen-bond donors (Lipinski definition) is 0. The summed E-state index contributed by atoms with van der Waals surface area (Å²) < 4.78 is 4.50. The van der Waals surface area contributed by atoms with Gasteiger partial charge in [0.1, 0.15) is 0 Å². The molecule has 0 aromatic heterocycles. The average molecular weight is 222 g/mol. The molecule has 0 saturated heterocycles. The number of esters is 1. The molecule has 1 aromatic carbocycles. The molecular formula is C11H16BO2P. The summed E-state index contributed by atoms with van der Waals surface area (Å²) in [6, 6.07) is 9.12. The van der Waals surface area contributed by atoms with Crippen LogP contribution in [-0.2, 0) is 9.53 Å². The van der Waals surface area contributed by atoms with Crippen molar-refractivity contribution >= 4 is 22.4 Å². The Labute approximate surface area is 94.6 Å². The predicted molar refractivity (Wildman–Crippen MR) is 67.1 cm³/mol. The lowest BCUT2D eigenvalue weighted by Crippen LogP contribution is -2.13. The lowest BCUT2D eigenvalue weighted by Gasteiger charge is -2.08. The van der Waals surface area contributed by atoms with Crippen molar-refractivity contribution in [2.75, 3.05) is 20.4 Å². The molecule has 0 bridgehead atoms. The quantitative estimate of drug-likeness (QED) is 0.434. The lowest BCUT2D eigenvalue weighted by molar-refractivity contribution is -0.140. The van der Waals surface area contributed by atoms with E-state index in [0.717, 1.165) is 14.1 Å². The van der Waals surface area contributed by atoms with Crippen molar-refractivity contribution in [2.24, 2.45) is 0 Å². The zero-order chi connectivity index (χ0) is 11.7. The molecule has 2 radical (unpaired) electrons. The van der Waals surface area contributed by atoms with Crippen LogP contribution in [0.3, 0.4) is 0 Å². The van der Waals surface area contributed by atoms with Gasteiger partial charge in [-0.05, 0) is 18.9 Å². The molecule has 0 N–H and O–H groups in total. The Morgan fingerprint density at radius 1 is 1.33 bits per heavy atom. The van der Waals surface area contributed by atoms with E-state index in [4.69, 9.17) is 7.85 Å². The number of carbonyl (C=O) groups excluding carboxylic acids is 1. The van der Waals surface area contributed by atoms with Crippen molar-refractivity contribution in [3.05, 3.63) is 35.9 Å². The van der Waals surface area contributed by atoms with E-state index >= 15 is 0 Å². The van der Waals surface area contributed by atoms with Gasteiger partial charge in [0.2, 0.25) is 0 Å². The number of methoxy groups -OCH3 is 1. The van der Waals surface area contributed by atoms with Crippen molar-refractivity contribution in [3.63, 3.8) is 0 Å². The van der Waals surface area contributed by atoms with Gasteiger partial charge in [-0.1, -0.05) is 30.3 Å². The first kappa shape index (κ1) is 14.2. The van der Waals surface area contributed by atoms with E-state index in [-0.39, 0.29) is 0 Å². The Morgan fingerprint density at radius 2 is 1.80 bits per heavy atom. The molecule has 4 heteroatoms. The fourth-order valence-electron chi connectivity index (χ4n) is 0.923. The number of benzene rings is 1. The Morgan fingerprint density at radius 3 is 2.20 bits per heavy atom. The monoisotopic (exact) mass is 222 g/mol. The third kappa shape index (κ3) is 5.59. The molecule has 0 saturated carbocycles. The topological polar surface area (TPSA) is 26.3 Å². The van der Waals surface area contributed by atoms with Crippen LogP contribution in [-0.4, -0.2) is 34.3 Å². The zero-order valence-corrected chi connectivity index (χ0v) is 10.4. The van der Waals surface area contributed by atoms with Crippen LogP contribution in [0.4, 0.5) is 0 Å². The molecule has 0 aliphatic heterocycles. The van der Waals surface area contributed by atoms with Crippen LogP contribution in [0.2, 0.25) is 0 Å². The summed E-state index contributed by atoms with van der Waals surface area (Å²) in [7, 11) is 7.98. The molecule has 0 fully saturated rings. The average Bonchev–Trinajstić information content (AvgIpc) is 2.29. The second-order valence-corrected chi connectivity index (χ2v) is 3.91.